The molecule has 0 radical (unpaired) electrons. The van der Waals surface area contributed by atoms with Crippen LogP contribution in [-0.4, -0.2) is 16.4 Å². The minimum atomic E-state index is 0.140. The lowest BCUT2D eigenvalue weighted by atomic mass is 10.1. The summed E-state index contributed by atoms with van der Waals surface area (Å²) < 4.78 is 0.140. The second kappa shape index (κ2) is 13.3. The van der Waals surface area contributed by atoms with E-state index in [0.29, 0.717) is 13.0 Å². The first-order valence-corrected chi connectivity index (χ1v) is 12.1. The number of rotatable bonds is 13. The summed E-state index contributed by atoms with van der Waals surface area (Å²) in [5.74, 6) is 1.35. The summed E-state index contributed by atoms with van der Waals surface area (Å²) in [5, 5.41) is 3.04. The van der Waals surface area contributed by atoms with Gasteiger partial charge in [-0.1, -0.05) is 84.2 Å². The fourth-order valence-electron chi connectivity index (χ4n) is 2.47. The third-order valence-electron chi connectivity index (χ3n) is 4.15. The van der Waals surface area contributed by atoms with E-state index >= 15 is 0 Å². The number of benzene rings is 1. The molecule has 1 aromatic rings. The van der Waals surface area contributed by atoms with Gasteiger partial charge in [-0.25, -0.2) is 0 Å². The Morgan fingerprint density at radius 1 is 1.15 bits per heavy atom. The van der Waals surface area contributed by atoms with Crippen molar-refractivity contribution in [2.24, 2.45) is 0 Å². The molecule has 4 heteroatoms. The van der Waals surface area contributed by atoms with Gasteiger partial charge in [0.15, 0.2) is 0 Å². The van der Waals surface area contributed by atoms with E-state index in [1.165, 1.54) is 37.0 Å². The minimum Gasteiger partial charge on any atom is -0.352 e. The third kappa shape index (κ3) is 11.0. The Bertz CT molecular complexity index is 538. The molecule has 0 fully saturated rings. The zero-order valence-electron chi connectivity index (χ0n) is 16.8. The van der Waals surface area contributed by atoms with Crippen LogP contribution >= 0.6 is 21.6 Å². The number of unbranched alkanes of at least 4 members (excludes halogenated alkanes) is 3. The van der Waals surface area contributed by atoms with Crippen molar-refractivity contribution in [3.8, 4) is 0 Å². The van der Waals surface area contributed by atoms with Crippen LogP contribution in [0, 0.1) is 0 Å². The van der Waals surface area contributed by atoms with Crippen LogP contribution < -0.4 is 5.32 Å². The first-order chi connectivity index (χ1) is 12.5. The molecule has 146 valence electrons. The van der Waals surface area contributed by atoms with Crippen LogP contribution in [-0.2, 0) is 11.3 Å². The summed E-state index contributed by atoms with van der Waals surface area (Å²) in [7, 11) is 3.89. The fraction of sp³-hybridized carbons (Fsp3) is 0.591. The number of carbonyl (C=O) groups is 1. The van der Waals surface area contributed by atoms with Gasteiger partial charge in [-0.3, -0.25) is 4.79 Å². The van der Waals surface area contributed by atoms with Gasteiger partial charge in [-0.2, -0.15) is 0 Å². The number of hydrogen-bond acceptors (Lipinski definition) is 3. The van der Waals surface area contributed by atoms with Crippen molar-refractivity contribution in [3.63, 3.8) is 0 Å². The van der Waals surface area contributed by atoms with Crippen molar-refractivity contribution in [3.05, 3.63) is 41.5 Å². The Hall–Kier alpha value is -0.870. The molecule has 0 spiro atoms. The molecule has 2 nitrogen and oxygen atoms in total. The molecule has 0 bridgehead atoms. The van der Waals surface area contributed by atoms with Crippen LogP contribution in [0.5, 0.6) is 0 Å². The summed E-state index contributed by atoms with van der Waals surface area (Å²) in [6.07, 6.45) is 10.9. The van der Waals surface area contributed by atoms with E-state index in [1.54, 1.807) is 0 Å². The van der Waals surface area contributed by atoms with Crippen LogP contribution in [0.4, 0.5) is 0 Å². The molecule has 1 N–H and O–H groups in total. The third-order valence-corrected chi connectivity index (χ3v) is 7.58. The molecule has 0 aliphatic heterocycles. The van der Waals surface area contributed by atoms with E-state index in [9.17, 15) is 4.79 Å². The SMILES string of the molecule is CC=Cc1ccc(CNC(=O)CCC(C)(C)SSCCCCCC)cc1. The highest BCUT2D eigenvalue weighted by Crippen LogP contribution is 2.39. The molecule has 1 amide bonds. The summed E-state index contributed by atoms with van der Waals surface area (Å²) in [6, 6.07) is 8.31. The lowest BCUT2D eigenvalue weighted by Gasteiger charge is -2.22. The quantitative estimate of drug-likeness (QED) is 0.293. The molecule has 0 unspecified atom stereocenters. The Morgan fingerprint density at radius 2 is 1.88 bits per heavy atom. The van der Waals surface area contributed by atoms with Crippen molar-refractivity contribution in [2.45, 2.75) is 77.5 Å². The zero-order chi connectivity index (χ0) is 19.3. The van der Waals surface area contributed by atoms with E-state index < -0.39 is 0 Å². The monoisotopic (exact) mass is 393 g/mol. The highest BCUT2D eigenvalue weighted by Gasteiger charge is 2.20. The average molecular weight is 394 g/mol. The molecule has 1 rings (SSSR count). The van der Waals surface area contributed by atoms with Gasteiger partial charge in [0, 0.05) is 23.5 Å². The van der Waals surface area contributed by atoms with Crippen molar-refractivity contribution in [2.75, 3.05) is 5.75 Å². The Labute approximate surface area is 168 Å². The average Bonchev–Trinajstić information content (AvgIpc) is 2.63. The number of carbonyl (C=O) groups excluding carboxylic acids is 1. The highest BCUT2D eigenvalue weighted by molar-refractivity contribution is 8.77. The van der Waals surface area contributed by atoms with E-state index in [2.05, 4.69) is 56.4 Å². The lowest BCUT2D eigenvalue weighted by molar-refractivity contribution is -0.121. The predicted octanol–water partition coefficient (Wildman–Crippen LogP) is 6.86. The van der Waals surface area contributed by atoms with Gasteiger partial charge >= 0.3 is 0 Å². The fourth-order valence-corrected chi connectivity index (χ4v) is 5.19. The van der Waals surface area contributed by atoms with Crippen LogP contribution in [0.25, 0.3) is 6.08 Å². The van der Waals surface area contributed by atoms with E-state index in [1.807, 2.05) is 34.6 Å². The van der Waals surface area contributed by atoms with Gasteiger partial charge in [0.05, 0.1) is 0 Å². The van der Waals surface area contributed by atoms with Crippen molar-refractivity contribution >= 4 is 33.6 Å². The molecule has 0 aliphatic rings. The van der Waals surface area contributed by atoms with Crippen molar-refractivity contribution in [1.82, 2.24) is 5.32 Å². The maximum absolute atomic E-state index is 12.1. The van der Waals surface area contributed by atoms with E-state index in [4.69, 9.17) is 0 Å². The predicted molar refractivity (Wildman–Crippen MR) is 121 cm³/mol. The second-order valence-electron chi connectivity index (χ2n) is 7.24. The summed E-state index contributed by atoms with van der Waals surface area (Å²) >= 11 is 0. The molecular formula is C22H35NOS2. The lowest BCUT2D eigenvalue weighted by Crippen LogP contribution is -2.25. The zero-order valence-corrected chi connectivity index (χ0v) is 18.5. The Morgan fingerprint density at radius 3 is 2.54 bits per heavy atom. The Kier molecular flexibility index (Phi) is 11.9. The maximum atomic E-state index is 12.1. The van der Waals surface area contributed by atoms with Gasteiger partial charge in [0.25, 0.3) is 0 Å². The van der Waals surface area contributed by atoms with Gasteiger partial charge in [-0.05, 0) is 44.7 Å². The van der Waals surface area contributed by atoms with Gasteiger partial charge in [0.1, 0.15) is 0 Å². The van der Waals surface area contributed by atoms with Crippen molar-refractivity contribution in [1.29, 1.82) is 0 Å². The van der Waals surface area contributed by atoms with Gasteiger partial charge < -0.3 is 5.32 Å². The molecule has 0 heterocycles. The van der Waals surface area contributed by atoms with Gasteiger partial charge in [0.2, 0.25) is 5.91 Å². The molecule has 0 aromatic heterocycles. The molecule has 0 atom stereocenters. The topological polar surface area (TPSA) is 29.1 Å². The standard InChI is InChI=1S/C22H35NOS2/c1-5-7-8-9-17-25-26-22(3,4)16-15-21(24)23-18-20-13-11-19(10-6-2)12-14-20/h6,10-14H,5,7-9,15-18H2,1-4H3,(H,23,24). The Balaban J connectivity index is 2.21. The van der Waals surface area contributed by atoms with Crippen molar-refractivity contribution < 1.29 is 4.79 Å². The van der Waals surface area contributed by atoms with Gasteiger partial charge in [-0.15, -0.1) is 0 Å². The molecular weight excluding hydrogens is 358 g/mol. The molecule has 26 heavy (non-hydrogen) atoms. The maximum Gasteiger partial charge on any atom is 0.220 e. The molecule has 1 aromatic carbocycles. The number of allylic oxidation sites excluding steroid dienone is 1. The number of amides is 1. The number of nitrogens with one attached hydrogen (secondary N) is 1. The molecule has 0 saturated heterocycles. The second-order valence-corrected chi connectivity index (χ2v) is 10.4. The smallest absolute Gasteiger partial charge is 0.220 e. The molecule has 0 aliphatic carbocycles. The molecule has 0 saturated carbocycles. The normalized spacial score (nSPS) is 11.8. The first-order valence-electron chi connectivity index (χ1n) is 9.76. The number of hydrogen-bond donors (Lipinski definition) is 1. The van der Waals surface area contributed by atoms with E-state index in [-0.39, 0.29) is 10.7 Å². The first kappa shape index (κ1) is 23.2. The summed E-state index contributed by atoms with van der Waals surface area (Å²) in [6.45, 7) is 9.34. The van der Waals surface area contributed by atoms with Crippen LogP contribution in [0.3, 0.4) is 0 Å². The van der Waals surface area contributed by atoms with Crippen LogP contribution in [0.15, 0.2) is 30.3 Å². The van der Waals surface area contributed by atoms with Crippen LogP contribution in [0.1, 0.15) is 77.3 Å². The summed E-state index contributed by atoms with van der Waals surface area (Å²) in [5.41, 5.74) is 2.33. The minimum absolute atomic E-state index is 0.140. The largest absolute Gasteiger partial charge is 0.352 e. The summed E-state index contributed by atoms with van der Waals surface area (Å²) in [4.78, 5) is 12.1. The highest BCUT2D eigenvalue weighted by atomic mass is 33.1. The van der Waals surface area contributed by atoms with E-state index in [0.717, 1.165) is 12.0 Å². The van der Waals surface area contributed by atoms with Crippen LogP contribution in [0.2, 0.25) is 0 Å².